The lowest BCUT2D eigenvalue weighted by atomic mass is 10.0. The second-order valence-corrected chi connectivity index (χ2v) is 22.4. The highest BCUT2D eigenvalue weighted by Crippen LogP contribution is 2.18. The summed E-state index contributed by atoms with van der Waals surface area (Å²) in [4.78, 5) is 38.3. The molecule has 0 aliphatic rings. The van der Waals surface area contributed by atoms with Gasteiger partial charge in [-0.25, -0.2) is 0 Å². The normalized spacial score (nSPS) is 12.1. The third kappa shape index (κ3) is 60.6. The van der Waals surface area contributed by atoms with Gasteiger partial charge in [0.05, 0.1) is 0 Å². The van der Waals surface area contributed by atoms with Crippen molar-refractivity contribution in [2.75, 3.05) is 13.2 Å². The summed E-state index contributed by atoms with van der Waals surface area (Å²) >= 11 is 0. The molecule has 430 valence electrons. The molecule has 0 spiro atoms. The standard InChI is InChI=1S/C67H126O6/c1-4-7-10-13-16-19-22-25-28-30-32-34-36-39-42-45-48-51-54-57-60-66(69)72-63-64(62-71-65(68)59-56-53-50-47-44-41-38-27-24-21-18-15-12-9-6-3)73-67(70)61-58-55-52-49-46-43-40-37-35-33-31-29-26-23-20-17-14-11-8-5-2/h18,21,27,38,64H,4-17,19-20,22-26,28-37,39-63H2,1-3H3/b21-18-,38-27-. The summed E-state index contributed by atoms with van der Waals surface area (Å²) in [5.41, 5.74) is 0. The van der Waals surface area contributed by atoms with E-state index in [1.165, 1.54) is 250 Å². The molecule has 0 saturated heterocycles. The van der Waals surface area contributed by atoms with E-state index in [0.29, 0.717) is 19.3 Å². The van der Waals surface area contributed by atoms with Crippen molar-refractivity contribution in [2.45, 2.75) is 374 Å². The maximum Gasteiger partial charge on any atom is 0.306 e. The Bertz CT molecular complexity index is 1180. The number of carbonyl (C=O) groups is 3. The molecule has 6 heteroatoms. The third-order valence-corrected chi connectivity index (χ3v) is 15.0. The Hall–Kier alpha value is -2.11. The molecular formula is C67H126O6. The van der Waals surface area contributed by atoms with E-state index in [9.17, 15) is 14.4 Å². The SMILES string of the molecule is CCCCC/C=C\C/C=C\CCCCCCCC(=O)OCC(COC(=O)CCCCCCCCCCCCCCCCCCCCCC)OC(=O)CCCCCCCCCCCCCCCCCCCCCC. The van der Waals surface area contributed by atoms with E-state index >= 15 is 0 Å². The highest BCUT2D eigenvalue weighted by molar-refractivity contribution is 5.71. The molecule has 0 radical (unpaired) electrons. The van der Waals surface area contributed by atoms with Crippen LogP contribution in [-0.2, 0) is 28.6 Å². The first-order valence-corrected chi connectivity index (χ1v) is 32.8. The largest absolute Gasteiger partial charge is 0.462 e. The van der Waals surface area contributed by atoms with Crippen LogP contribution in [-0.4, -0.2) is 37.2 Å². The summed E-state index contributed by atoms with van der Waals surface area (Å²) in [6.07, 6.45) is 74.7. The first kappa shape index (κ1) is 70.9. The van der Waals surface area contributed by atoms with E-state index in [0.717, 1.165) is 77.0 Å². The highest BCUT2D eigenvalue weighted by atomic mass is 16.6. The van der Waals surface area contributed by atoms with Crippen molar-refractivity contribution in [1.29, 1.82) is 0 Å². The zero-order chi connectivity index (χ0) is 52.9. The van der Waals surface area contributed by atoms with Crippen LogP contribution < -0.4 is 0 Å². The minimum Gasteiger partial charge on any atom is -0.462 e. The number of hydrogen-bond acceptors (Lipinski definition) is 6. The predicted octanol–water partition coefficient (Wildman–Crippen LogP) is 22.2. The first-order valence-electron chi connectivity index (χ1n) is 32.8. The van der Waals surface area contributed by atoms with Gasteiger partial charge in [-0.05, 0) is 51.4 Å². The van der Waals surface area contributed by atoms with E-state index in [1.54, 1.807) is 0 Å². The minimum atomic E-state index is -0.773. The lowest BCUT2D eigenvalue weighted by Crippen LogP contribution is -2.30. The monoisotopic (exact) mass is 1030 g/mol. The number of unbranched alkanes of at least 4 members (excludes halogenated alkanes) is 46. The van der Waals surface area contributed by atoms with Crippen LogP contribution in [0.25, 0.3) is 0 Å². The molecule has 0 aliphatic carbocycles. The van der Waals surface area contributed by atoms with E-state index in [1.807, 2.05) is 0 Å². The van der Waals surface area contributed by atoms with E-state index in [2.05, 4.69) is 45.1 Å². The summed E-state index contributed by atoms with van der Waals surface area (Å²) in [6, 6.07) is 0. The lowest BCUT2D eigenvalue weighted by molar-refractivity contribution is -0.167. The Morgan fingerprint density at radius 1 is 0.274 bits per heavy atom. The minimum absolute atomic E-state index is 0.0695. The number of ether oxygens (including phenoxy) is 3. The van der Waals surface area contributed by atoms with E-state index in [-0.39, 0.29) is 31.1 Å². The van der Waals surface area contributed by atoms with Crippen LogP contribution in [0.2, 0.25) is 0 Å². The van der Waals surface area contributed by atoms with Gasteiger partial charge in [0.1, 0.15) is 13.2 Å². The molecule has 0 aromatic rings. The average molecular weight is 1030 g/mol. The lowest BCUT2D eigenvalue weighted by Gasteiger charge is -2.18. The van der Waals surface area contributed by atoms with Gasteiger partial charge in [0.25, 0.3) is 0 Å². The second-order valence-electron chi connectivity index (χ2n) is 22.4. The van der Waals surface area contributed by atoms with Gasteiger partial charge in [-0.2, -0.15) is 0 Å². The zero-order valence-corrected chi connectivity index (χ0v) is 49.4. The Balaban J connectivity index is 4.30. The predicted molar refractivity (Wildman–Crippen MR) is 316 cm³/mol. The van der Waals surface area contributed by atoms with Crippen LogP contribution in [0.5, 0.6) is 0 Å². The Morgan fingerprint density at radius 2 is 0.493 bits per heavy atom. The van der Waals surface area contributed by atoms with Crippen molar-refractivity contribution < 1.29 is 28.6 Å². The Labute approximate surface area is 455 Å². The van der Waals surface area contributed by atoms with Crippen molar-refractivity contribution in [1.82, 2.24) is 0 Å². The quantitative estimate of drug-likeness (QED) is 0.0261. The summed E-state index contributed by atoms with van der Waals surface area (Å²) in [6.45, 7) is 6.68. The summed E-state index contributed by atoms with van der Waals surface area (Å²) in [5.74, 6) is -0.854. The van der Waals surface area contributed by atoms with Crippen LogP contribution in [0, 0.1) is 0 Å². The second kappa shape index (κ2) is 62.4. The maximum atomic E-state index is 12.9. The smallest absolute Gasteiger partial charge is 0.306 e. The molecule has 1 unspecified atom stereocenters. The maximum absolute atomic E-state index is 12.9. The number of hydrogen-bond donors (Lipinski definition) is 0. The number of esters is 3. The fourth-order valence-electron chi connectivity index (χ4n) is 10.0. The van der Waals surface area contributed by atoms with Crippen LogP contribution >= 0.6 is 0 Å². The van der Waals surface area contributed by atoms with Gasteiger partial charge in [-0.15, -0.1) is 0 Å². The number of rotatable bonds is 61. The Kier molecular flexibility index (Phi) is 60.6. The molecule has 0 bridgehead atoms. The van der Waals surface area contributed by atoms with Crippen molar-refractivity contribution >= 4 is 17.9 Å². The van der Waals surface area contributed by atoms with E-state index < -0.39 is 6.10 Å². The molecule has 73 heavy (non-hydrogen) atoms. The van der Waals surface area contributed by atoms with Crippen molar-refractivity contribution in [3.05, 3.63) is 24.3 Å². The van der Waals surface area contributed by atoms with Gasteiger partial charge >= 0.3 is 17.9 Å². The van der Waals surface area contributed by atoms with Crippen LogP contribution in [0.3, 0.4) is 0 Å². The summed E-state index contributed by atoms with van der Waals surface area (Å²) in [5, 5.41) is 0. The molecule has 0 fully saturated rings. The fraction of sp³-hybridized carbons (Fsp3) is 0.896. The van der Waals surface area contributed by atoms with Gasteiger partial charge in [0, 0.05) is 19.3 Å². The molecule has 0 heterocycles. The molecule has 1 atom stereocenters. The van der Waals surface area contributed by atoms with Gasteiger partial charge in [0.15, 0.2) is 6.10 Å². The van der Waals surface area contributed by atoms with Gasteiger partial charge in [-0.3, -0.25) is 14.4 Å². The first-order chi connectivity index (χ1) is 36.0. The molecule has 0 aromatic heterocycles. The topological polar surface area (TPSA) is 78.9 Å². The third-order valence-electron chi connectivity index (χ3n) is 15.0. The fourth-order valence-corrected chi connectivity index (χ4v) is 10.0. The van der Waals surface area contributed by atoms with Crippen molar-refractivity contribution in [2.24, 2.45) is 0 Å². The van der Waals surface area contributed by atoms with Crippen molar-refractivity contribution in [3.8, 4) is 0 Å². The van der Waals surface area contributed by atoms with Crippen LogP contribution in [0.4, 0.5) is 0 Å². The molecule has 0 aliphatic heterocycles. The zero-order valence-electron chi connectivity index (χ0n) is 49.4. The molecule has 0 N–H and O–H groups in total. The van der Waals surface area contributed by atoms with Crippen LogP contribution in [0.15, 0.2) is 24.3 Å². The molecule has 0 aromatic carbocycles. The molecule has 6 nitrogen and oxygen atoms in total. The molecule has 0 rings (SSSR count). The van der Waals surface area contributed by atoms with E-state index in [4.69, 9.17) is 14.2 Å². The molecule has 0 saturated carbocycles. The molecular weight excluding hydrogens is 901 g/mol. The number of carbonyl (C=O) groups excluding carboxylic acids is 3. The summed E-state index contributed by atoms with van der Waals surface area (Å²) in [7, 11) is 0. The van der Waals surface area contributed by atoms with Crippen LogP contribution in [0.1, 0.15) is 367 Å². The van der Waals surface area contributed by atoms with Gasteiger partial charge in [-0.1, -0.05) is 321 Å². The van der Waals surface area contributed by atoms with Crippen molar-refractivity contribution in [3.63, 3.8) is 0 Å². The average Bonchev–Trinajstić information content (AvgIpc) is 3.39. The highest BCUT2D eigenvalue weighted by Gasteiger charge is 2.19. The Morgan fingerprint density at radius 3 is 0.781 bits per heavy atom. The number of allylic oxidation sites excluding steroid dienone is 4. The summed E-state index contributed by atoms with van der Waals surface area (Å²) < 4.78 is 17.0. The van der Waals surface area contributed by atoms with Gasteiger partial charge < -0.3 is 14.2 Å². The molecule has 0 amide bonds. The van der Waals surface area contributed by atoms with Gasteiger partial charge in [0.2, 0.25) is 0 Å².